The Bertz CT molecular complexity index is 602. The zero-order valence-corrected chi connectivity index (χ0v) is 14.0. The molecule has 2 aromatic carbocycles. The lowest BCUT2D eigenvalue weighted by Crippen LogP contribution is -2.28. The number of hydrogen-bond acceptors (Lipinski definition) is 4. The average molecular weight is 338 g/mol. The van der Waals surface area contributed by atoms with Gasteiger partial charge in [0.15, 0.2) is 11.5 Å². The molecule has 0 saturated heterocycles. The number of hydrogen-bond donors (Lipinski definition) is 4. The maximum absolute atomic E-state index is 9.45. The van der Waals surface area contributed by atoms with Gasteiger partial charge in [-0.3, -0.25) is 0 Å². The van der Waals surface area contributed by atoms with Crippen LogP contribution in [-0.4, -0.2) is 27.9 Å². The van der Waals surface area contributed by atoms with E-state index in [1.54, 1.807) is 18.2 Å². The zero-order chi connectivity index (χ0) is 15.9. The normalized spacial score (nSPS) is 11.7. The fourth-order valence-corrected chi connectivity index (χ4v) is 2.34. The SMILES string of the molecule is C[C@H](CCc1ccc(O)cc1)NCCc1ccc(O)c(O)c1.Cl. The van der Waals surface area contributed by atoms with Crippen LogP contribution in [0.4, 0.5) is 0 Å². The molecule has 0 radical (unpaired) electrons. The van der Waals surface area contributed by atoms with Crippen LogP contribution in [0.15, 0.2) is 42.5 Å². The average Bonchev–Trinajstić information content (AvgIpc) is 2.50. The summed E-state index contributed by atoms with van der Waals surface area (Å²) in [7, 11) is 0. The van der Waals surface area contributed by atoms with Crippen LogP contribution >= 0.6 is 12.4 Å². The minimum Gasteiger partial charge on any atom is -0.508 e. The minimum absolute atomic E-state index is 0. The van der Waals surface area contributed by atoms with E-state index < -0.39 is 0 Å². The topological polar surface area (TPSA) is 72.7 Å². The van der Waals surface area contributed by atoms with E-state index in [0.29, 0.717) is 11.8 Å². The van der Waals surface area contributed by atoms with Crippen molar-refractivity contribution in [1.29, 1.82) is 0 Å². The van der Waals surface area contributed by atoms with Gasteiger partial charge in [0.2, 0.25) is 0 Å². The largest absolute Gasteiger partial charge is 0.508 e. The highest BCUT2D eigenvalue weighted by Gasteiger charge is 2.04. The standard InChI is InChI=1S/C18H23NO3.ClH/c1-13(2-3-14-4-7-16(20)8-5-14)19-11-10-15-6-9-17(21)18(22)12-15;/h4-9,12-13,19-22H,2-3,10-11H2,1H3;1H/t13-;/m1./s1. The van der Waals surface area contributed by atoms with Crippen LogP contribution < -0.4 is 5.32 Å². The first-order valence-corrected chi connectivity index (χ1v) is 7.57. The highest BCUT2D eigenvalue weighted by atomic mass is 35.5. The molecule has 0 aliphatic carbocycles. The van der Waals surface area contributed by atoms with Gasteiger partial charge < -0.3 is 20.6 Å². The number of phenols is 3. The lowest BCUT2D eigenvalue weighted by atomic mass is 10.1. The Morgan fingerprint density at radius 2 is 1.52 bits per heavy atom. The lowest BCUT2D eigenvalue weighted by molar-refractivity contribution is 0.403. The van der Waals surface area contributed by atoms with E-state index in [9.17, 15) is 15.3 Å². The molecule has 0 aromatic heterocycles. The van der Waals surface area contributed by atoms with Crippen LogP contribution in [0.5, 0.6) is 17.2 Å². The fourth-order valence-electron chi connectivity index (χ4n) is 2.34. The van der Waals surface area contributed by atoms with Crippen molar-refractivity contribution < 1.29 is 15.3 Å². The van der Waals surface area contributed by atoms with Crippen molar-refractivity contribution in [3.63, 3.8) is 0 Å². The van der Waals surface area contributed by atoms with Crippen LogP contribution in [0.1, 0.15) is 24.5 Å². The van der Waals surface area contributed by atoms with Crippen molar-refractivity contribution in [2.75, 3.05) is 6.54 Å². The third kappa shape index (κ3) is 6.38. The minimum atomic E-state index is -0.0843. The van der Waals surface area contributed by atoms with E-state index in [-0.39, 0.29) is 23.9 Å². The first-order valence-electron chi connectivity index (χ1n) is 7.57. The molecule has 4 N–H and O–H groups in total. The molecular weight excluding hydrogens is 314 g/mol. The van der Waals surface area contributed by atoms with Crippen LogP contribution in [-0.2, 0) is 12.8 Å². The predicted octanol–water partition coefficient (Wildman–Crippen LogP) is 3.38. The van der Waals surface area contributed by atoms with Gasteiger partial charge in [-0.05, 0) is 68.1 Å². The van der Waals surface area contributed by atoms with Gasteiger partial charge in [0.1, 0.15) is 5.75 Å². The second-order valence-electron chi connectivity index (χ2n) is 5.63. The number of rotatable bonds is 7. The molecule has 2 aromatic rings. The molecule has 0 fully saturated rings. The van der Waals surface area contributed by atoms with Crippen LogP contribution in [0.2, 0.25) is 0 Å². The molecule has 23 heavy (non-hydrogen) atoms. The van der Waals surface area contributed by atoms with E-state index in [4.69, 9.17) is 0 Å². The Hall–Kier alpha value is -1.91. The Morgan fingerprint density at radius 3 is 2.17 bits per heavy atom. The van der Waals surface area contributed by atoms with E-state index >= 15 is 0 Å². The monoisotopic (exact) mass is 337 g/mol. The van der Waals surface area contributed by atoms with Crippen molar-refractivity contribution in [1.82, 2.24) is 5.32 Å². The highest BCUT2D eigenvalue weighted by Crippen LogP contribution is 2.24. The number of halogens is 1. The molecule has 2 rings (SSSR count). The van der Waals surface area contributed by atoms with Gasteiger partial charge in [-0.25, -0.2) is 0 Å². The maximum Gasteiger partial charge on any atom is 0.157 e. The summed E-state index contributed by atoms with van der Waals surface area (Å²) < 4.78 is 0. The van der Waals surface area contributed by atoms with Gasteiger partial charge in [0.25, 0.3) is 0 Å². The fraction of sp³-hybridized carbons (Fsp3) is 0.333. The number of phenolic OH excluding ortho intramolecular Hbond substituents is 3. The van der Waals surface area contributed by atoms with Crippen LogP contribution in [0, 0.1) is 0 Å². The number of nitrogens with one attached hydrogen (secondary N) is 1. The summed E-state index contributed by atoms with van der Waals surface area (Å²) >= 11 is 0. The van der Waals surface area contributed by atoms with Gasteiger partial charge in [0.05, 0.1) is 0 Å². The van der Waals surface area contributed by atoms with E-state index in [1.807, 2.05) is 18.2 Å². The molecule has 0 heterocycles. The maximum atomic E-state index is 9.45. The molecule has 0 aliphatic rings. The van der Waals surface area contributed by atoms with Crippen molar-refractivity contribution in [2.45, 2.75) is 32.2 Å². The summed E-state index contributed by atoms with van der Waals surface area (Å²) in [5.41, 5.74) is 2.21. The molecular formula is C18H24ClNO3. The molecule has 5 heteroatoms. The number of aryl methyl sites for hydroxylation is 1. The second-order valence-corrected chi connectivity index (χ2v) is 5.63. The van der Waals surface area contributed by atoms with Crippen LogP contribution in [0.25, 0.3) is 0 Å². The quantitative estimate of drug-likeness (QED) is 0.584. The summed E-state index contributed by atoms with van der Waals surface area (Å²) in [6.45, 7) is 2.97. The Balaban J connectivity index is 0.00000264. The Morgan fingerprint density at radius 1 is 0.870 bits per heavy atom. The lowest BCUT2D eigenvalue weighted by Gasteiger charge is -2.14. The zero-order valence-electron chi connectivity index (χ0n) is 13.2. The number of aromatic hydroxyl groups is 3. The molecule has 0 spiro atoms. The predicted molar refractivity (Wildman–Crippen MR) is 94.6 cm³/mol. The Labute approximate surface area is 143 Å². The first kappa shape index (κ1) is 19.1. The smallest absolute Gasteiger partial charge is 0.157 e. The van der Waals surface area contributed by atoms with Crippen molar-refractivity contribution in [2.24, 2.45) is 0 Å². The summed E-state index contributed by atoms with van der Waals surface area (Å²) in [5.74, 6) is 0.143. The van der Waals surface area contributed by atoms with Crippen LogP contribution in [0.3, 0.4) is 0 Å². The molecule has 4 nitrogen and oxygen atoms in total. The molecule has 0 aliphatic heterocycles. The van der Waals surface area contributed by atoms with Gasteiger partial charge in [-0.15, -0.1) is 12.4 Å². The van der Waals surface area contributed by atoms with Crippen molar-refractivity contribution in [3.05, 3.63) is 53.6 Å². The second kappa shape index (κ2) is 9.28. The molecule has 0 amide bonds. The van der Waals surface area contributed by atoms with E-state index in [1.165, 1.54) is 11.6 Å². The van der Waals surface area contributed by atoms with Crippen molar-refractivity contribution >= 4 is 12.4 Å². The van der Waals surface area contributed by atoms with Gasteiger partial charge in [-0.2, -0.15) is 0 Å². The van der Waals surface area contributed by atoms with E-state index in [2.05, 4.69) is 12.2 Å². The van der Waals surface area contributed by atoms with E-state index in [0.717, 1.165) is 31.4 Å². The molecule has 0 saturated carbocycles. The van der Waals surface area contributed by atoms with Crippen molar-refractivity contribution in [3.8, 4) is 17.2 Å². The molecule has 1 atom stereocenters. The highest BCUT2D eigenvalue weighted by molar-refractivity contribution is 5.85. The summed E-state index contributed by atoms with van der Waals surface area (Å²) in [5, 5.41) is 31.4. The number of benzene rings is 2. The molecule has 0 bridgehead atoms. The molecule has 126 valence electrons. The summed E-state index contributed by atoms with van der Waals surface area (Å²) in [4.78, 5) is 0. The summed E-state index contributed by atoms with van der Waals surface area (Å²) in [6, 6.07) is 12.6. The molecule has 0 unspecified atom stereocenters. The van der Waals surface area contributed by atoms with Gasteiger partial charge >= 0.3 is 0 Å². The Kier molecular flexibility index (Phi) is 7.72. The van der Waals surface area contributed by atoms with Gasteiger partial charge in [-0.1, -0.05) is 18.2 Å². The first-order chi connectivity index (χ1) is 10.5. The van der Waals surface area contributed by atoms with Gasteiger partial charge in [0, 0.05) is 6.04 Å². The summed E-state index contributed by atoms with van der Waals surface area (Å²) in [6.07, 6.45) is 2.79. The third-order valence-corrected chi connectivity index (χ3v) is 3.75. The third-order valence-electron chi connectivity index (χ3n) is 3.75.